The number of alkyl carbamates (subject to hydrolysis) is 1. The smallest absolute Gasteiger partial charge is 0.408 e. The number of carbonyl (C=O) groups excluding carboxylic acids is 3. The van der Waals surface area contributed by atoms with Crippen LogP contribution in [0.5, 0.6) is 0 Å². The van der Waals surface area contributed by atoms with Crippen LogP contribution in [0.2, 0.25) is 0 Å². The molecule has 0 aliphatic carbocycles. The van der Waals surface area contributed by atoms with Crippen molar-refractivity contribution in [1.82, 2.24) is 10.3 Å². The van der Waals surface area contributed by atoms with Gasteiger partial charge in [0.25, 0.3) is 5.91 Å². The van der Waals surface area contributed by atoms with Gasteiger partial charge in [0.05, 0.1) is 5.69 Å². The van der Waals surface area contributed by atoms with Crippen LogP contribution in [0.15, 0.2) is 60.7 Å². The normalized spacial score (nSPS) is 11.5. The number of nitrogens with one attached hydrogen (secondary N) is 2. The maximum Gasteiger partial charge on any atom is 0.408 e. The fourth-order valence-electron chi connectivity index (χ4n) is 2.91. The van der Waals surface area contributed by atoms with Crippen molar-refractivity contribution >= 4 is 34.3 Å². The van der Waals surface area contributed by atoms with Crippen LogP contribution in [-0.4, -0.2) is 33.9 Å². The molecule has 0 radical (unpaired) electrons. The number of aromatic nitrogens is 1. The van der Waals surface area contributed by atoms with Crippen molar-refractivity contribution in [3.63, 3.8) is 0 Å². The number of rotatable bonds is 6. The van der Waals surface area contributed by atoms with Gasteiger partial charge in [0, 0.05) is 11.1 Å². The van der Waals surface area contributed by atoms with Gasteiger partial charge in [-0.3, -0.25) is 14.9 Å². The second kappa shape index (κ2) is 9.54. The van der Waals surface area contributed by atoms with Crippen LogP contribution >= 0.6 is 11.3 Å². The maximum atomic E-state index is 13.2. The van der Waals surface area contributed by atoms with Gasteiger partial charge in [0.2, 0.25) is 5.78 Å². The van der Waals surface area contributed by atoms with Gasteiger partial charge in [-0.25, -0.2) is 9.78 Å². The highest BCUT2D eigenvalue weighted by Crippen LogP contribution is 2.33. The number of carbonyl (C=O) groups is 3. The van der Waals surface area contributed by atoms with E-state index in [0.717, 1.165) is 16.9 Å². The average Bonchev–Trinajstić information content (AvgIpc) is 3.16. The standard InChI is InChI=1S/C25H27N3O4S/c1-24(2,3)32-23(31)28-25(4,5)21(30)27-22-26-18(16-12-8-6-9-13-16)20(33-22)19(29)17-14-10-7-11-15-17/h6-15H,1-5H3,(H,28,31)(H,26,27,30). The van der Waals surface area contributed by atoms with Crippen LogP contribution in [-0.2, 0) is 9.53 Å². The van der Waals surface area contributed by atoms with Crippen molar-refractivity contribution in [3.8, 4) is 11.3 Å². The van der Waals surface area contributed by atoms with Gasteiger partial charge < -0.3 is 10.1 Å². The third-order valence-electron chi connectivity index (χ3n) is 4.52. The number of thiazole rings is 1. The molecule has 0 spiro atoms. The lowest BCUT2D eigenvalue weighted by atomic mass is 10.1. The second-order valence-electron chi connectivity index (χ2n) is 8.96. The molecular formula is C25H27N3O4S. The van der Waals surface area contributed by atoms with E-state index < -0.39 is 23.1 Å². The molecule has 2 N–H and O–H groups in total. The lowest BCUT2D eigenvalue weighted by Crippen LogP contribution is -2.53. The molecule has 0 saturated carbocycles. The second-order valence-corrected chi connectivity index (χ2v) is 9.96. The molecule has 1 aromatic heterocycles. The fraction of sp³-hybridized carbons (Fsp3) is 0.280. The molecule has 7 nitrogen and oxygen atoms in total. The van der Waals surface area contributed by atoms with Crippen molar-refractivity contribution in [2.75, 3.05) is 5.32 Å². The van der Waals surface area contributed by atoms with Crippen LogP contribution in [0, 0.1) is 0 Å². The Labute approximate surface area is 197 Å². The van der Waals surface area contributed by atoms with Crippen molar-refractivity contribution in [2.45, 2.75) is 45.8 Å². The highest BCUT2D eigenvalue weighted by molar-refractivity contribution is 7.18. The Hall–Kier alpha value is -3.52. The Morgan fingerprint density at radius 1 is 0.879 bits per heavy atom. The first-order valence-corrected chi connectivity index (χ1v) is 11.3. The first kappa shape index (κ1) is 24.1. The molecule has 0 aliphatic heterocycles. The molecule has 33 heavy (non-hydrogen) atoms. The van der Waals surface area contributed by atoms with E-state index >= 15 is 0 Å². The summed E-state index contributed by atoms with van der Waals surface area (Å²) in [4.78, 5) is 43.2. The summed E-state index contributed by atoms with van der Waals surface area (Å²) < 4.78 is 5.25. The zero-order chi connectivity index (χ0) is 24.2. The lowest BCUT2D eigenvalue weighted by Gasteiger charge is -2.27. The molecule has 0 saturated heterocycles. The number of ketones is 1. The van der Waals surface area contributed by atoms with E-state index in [-0.39, 0.29) is 10.9 Å². The van der Waals surface area contributed by atoms with Gasteiger partial charge >= 0.3 is 6.09 Å². The van der Waals surface area contributed by atoms with Crippen molar-refractivity contribution in [2.24, 2.45) is 0 Å². The van der Waals surface area contributed by atoms with Gasteiger partial charge in [-0.2, -0.15) is 0 Å². The largest absolute Gasteiger partial charge is 0.444 e. The van der Waals surface area contributed by atoms with Crippen LogP contribution in [0.4, 0.5) is 9.93 Å². The Bertz CT molecular complexity index is 1150. The summed E-state index contributed by atoms with van der Waals surface area (Å²) in [5.74, 6) is -0.668. The minimum atomic E-state index is -1.27. The predicted octanol–water partition coefficient (Wildman–Crippen LogP) is 5.28. The van der Waals surface area contributed by atoms with E-state index in [1.807, 2.05) is 36.4 Å². The number of amides is 2. The fourth-order valence-corrected chi connectivity index (χ4v) is 3.85. The van der Waals surface area contributed by atoms with Gasteiger partial charge in [-0.1, -0.05) is 72.0 Å². The van der Waals surface area contributed by atoms with Gasteiger partial charge in [0.1, 0.15) is 16.0 Å². The van der Waals surface area contributed by atoms with E-state index in [2.05, 4.69) is 15.6 Å². The zero-order valence-corrected chi connectivity index (χ0v) is 20.1. The number of hydrogen-bond acceptors (Lipinski definition) is 6. The topological polar surface area (TPSA) is 97.4 Å². The van der Waals surface area contributed by atoms with Gasteiger partial charge in [-0.05, 0) is 34.6 Å². The van der Waals surface area contributed by atoms with E-state index in [0.29, 0.717) is 16.1 Å². The van der Waals surface area contributed by atoms with E-state index in [1.165, 1.54) is 0 Å². The summed E-state index contributed by atoms with van der Waals surface area (Å²) in [5.41, 5.74) is -0.182. The Morgan fingerprint density at radius 2 is 1.45 bits per heavy atom. The molecule has 0 atom stereocenters. The van der Waals surface area contributed by atoms with Crippen molar-refractivity contribution in [3.05, 3.63) is 71.1 Å². The van der Waals surface area contributed by atoms with Crippen LogP contribution in [0.3, 0.4) is 0 Å². The summed E-state index contributed by atoms with van der Waals surface area (Å²) in [5, 5.41) is 5.57. The quantitative estimate of drug-likeness (QED) is 0.483. The average molecular weight is 466 g/mol. The van der Waals surface area contributed by atoms with Crippen LogP contribution in [0.25, 0.3) is 11.3 Å². The van der Waals surface area contributed by atoms with Crippen molar-refractivity contribution in [1.29, 1.82) is 0 Å². The third-order valence-corrected chi connectivity index (χ3v) is 5.49. The third kappa shape index (κ3) is 6.26. The number of anilines is 1. The molecule has 8 heteroatoms. The summed E-state index contributed by atoms with van der Waals surface area (Å²) in [7, 11) is 0. The SMILES string of the molecule is CC(C)(C)OC(=O)NC(C)(C)C(=O)Nc1nc(-c2ccccc2)c(C(=O)c2ccccc2)s1. The van der Waals surface area contributed by atoms with E-state index in [1.54, 1.807) is 58.9 Å². The summed E-state index contributed by atoms with van der Waals surface area (Å²) >= 11 is 1.09. The molecule has 2 amide bonds. The monoisotopic (exact) mass is 465 g/mol. The van der Waals surface area contributed by atoms with Gasteiger partial charge in [-0.15, -0.1) is 0 Å². The Kier molecular flexibility index (Phi) is 6.98. The molecule has 3 aromatic rings. The highest BCUT2D eigenvalue weighted by Gasteiger charge is 2.33. The predicted molar refractivity (Wildman–Crippen MR) is 130 cm³/mol. The van der Waals surface area contributed by atoms with Crippen molar-refractivity contribution < 1.29 is 19.1 Å². The van der Waals surface area contributed by atoms with Crippen LogP contribution < -0.4 is 10.6 Å². The molecule has 0 unspecified atom stereocenters. The van der Waals surface area contributed by atoms with Crippen LogP contribution in [0.1, 0.15) is 49.9 Å². The highest BCUT2D eigenvalue weighted by atomic mass is 32.1. The molecule has 0 aliphatic rings. The van der Waals surface area contributed by atoms with Gasteiger partial charge in [0.15, 0.2) is 5.13 Å². The molecule has 0 bridgehead atoms. The number of hydrogen-bond donors (Lipinski definition) is 2. The molecule has 2 aromatic carbocycles. The number of benzene rings is 2. The molecule has 172 valence electrons. The summed E-state index contributed by atoms with van der Waals surface area (Å²) in [6.07, 6.45) is -0.702. The summed E-state index contributed by atoms with van der Waals surface area (Å²) in [6, 6.07) is 18.2. The first-order chi connectivity index (χ1) is 15.5. The molecule has 0 fully saturated rings. The Balaban J connectivity index is 1.88. The van der Waals surface area contributed by atoms with E-state index in [4.69, 9.17) is 4.74 Å². The summed E-state index contributed by atoms with van der Waals surface area (Å²) in [6.45, 7) is 8.35. The lowest BCUT2D eigenvalue weighted by molar-refractivity contribution is -0.121. The van der Waals surface area contributed by atoms with E-state index in [9.17, 15) is 14.4 Å². The number of nitrogens with zero attached hydrogens (tertiary/aromatic N) is 1. The zero-order valence-electron chi connectivity index (χ0n) is 19.3. The Morgan fingerprint density at radius 3 is 2.03 bits per heavy atom. The number of ether oxygens (including phenoxy) is 1. The molecular weight excluding hydrogens is 438 g/mol. The molecule has 3 rings (SSSR count). The first-order valence-electron chi connectivity index (χ1n) is 10.4. The maximum absolute atomic E-state index is 13.2. The minimum Gasteiger partial charge on any atom is -0.444 e. The minimum absolute atomic E-state index is 0.182. The molecule has 1 heterocycles.